The summed E-state index contributed by atoms with van der Waals surface area (Å²) in [6, 6.07) is 0.636. The van der Waals surface area contributed by atoms with Crippen LogP contribution in [0.15, 0.2) is 12.3 Å². The van der Waals surface area contributed by atoms with Gasteiger partial charge in [-0.05, 0) is 19.9 Å². The second-order valence-electron chi connectivity index (χ2n) is 3.73. The fraction of sp³-hybridized carbons (Fsp3) is 0.500. The lowest BCUT2D eigenvalue weighted by molar-refractivity contribution is -0.157. The number of ether oxygens (including phenoxy) is 2. The van der Waals surface area contributed by atoms with Gasteiger partial charge in [0, 0.05) is 6.20 Å². The normalized spacial score (nSPS) is 11.3. The van der Waals surface area contributed by atoms with Gasteiger partial charge >= 0.3 is 18.1 Å². The molecule has 1 heterocycles. The molecule has 0 atom stereocenters. The van der Waals surface area contributed by atoms with Crippen molar-refractivity contribution in [2.24, 2.45) is 0 Å². The van der Waals surface area contributed by atoms with Gasteiger partial charge in [0.1, 0.15) is 5.69 Å². The molecule has 0 bridgehead atoms. The highest BCUT2D eigenvalue weighted by Gasteiger charge is 2.38. The Bertz CT molecular complexity index is 501. The predicted octanol–water partition coefficient (Wildman–Crippen LogP) is 1.71. The molecule has 0 fully saturated rings. The molecule has 0 N–H and O–H groups in total. The molecule has 6 nitrogen and oxygen atoms in total. The Labute approximate surface area is 118 Å². The van der Waals surface area contributed by atoms with E-state index in [1.807, 2.05) is 0 Å². The number of carbonyl (C=O) groups is 2. The predicted molar refractivity (Wildman–Crippen MR) is 63.0 cm³/mol. The first-order valence-corrected chi connectivity index (χ1v) is 6.04. The minimum atomic E-state index is -4.72. The van der Waals surface area contributed by atoms with E-state index in [0.29, 0.717) is 6.07 Å². The zero-order valence-electron chi connectivity index (χ0n) is 11.3. The van der Waals surface area contributed by atoms with Crippen LogP contribution in [0.3, 0.4) is 0 Å². The summed E-state index contributed by atoms with van der Waals surface area (Å²) in [4.78, 5) is 30.2. The van der Waals surface area contributed by atoms with Crippen molar-refractivity contribution in [3.8, 4) is 0 Å². The Hall–Kier alpha value is -2.19. The van der Waals surface area contributed by atoms with E-state index in [4.69, 9.17) is 0 Å². The van der Waals surface area contributed by atoms with Gasteiger partial charge in [0.15, 0.2) is 5.82 Å². The molecule has 0 unspecified atom stereocenters. The Balaban J connectivity index is 3.20. The topological polar surface area (TPSA) is 78.4 Å². The largest absolute Gasteiger partial charge is 0.465 e. The average molecular weight is 306 g/mol. The SMILES string of the molecule is CCOC(=O)C(C(=O)OCC)c1nccc(C(F)(F)F)n1. The van der Waals surface area contributed by atoms with Gasteiger partial charge in [-0.15, -0.1) is 0 Å². The maximum absolute atomic E-state index is 12.6. The van der Waals surface area contributed by atoms with Gasteiger partial charge in [0.05, 0.1) is 13.2 Å². The molecule has 0 spiro atoms. The van der Waals surface area contributed by atoms with Crippen molar-refractivity contribution in [2.75, 3.05) is 13.2 Å². The van der Waals surface area contributed by atoms with Crippen LogP contribution in [0.25, 0.3) is 0 Å². The summed E-state index contributed by atoms with van der Waals surface area (Å²) in [6.45, 7) is 2.89. The minimum Gasteiger partial charge on any atom is -0.465 e. The number of esters is 2. The number of nitrogens with zero attached hydrogens (tertiary/aromatic N) is 2. The smallest absolute Gasteiger partial charge is 0.433 e. The molecule has 0 saturated heterocycles. The van der Waals surface area contributed by atoms with E-state index in [-0.39, 0.29) is 13.2 Å². The zero-order chi connectivity index (χ0) is 16.0. The van der Waals surface area contributed by atoms with Crippen LogP contribution in [-0.2, 0) is 25.2 Å². The van der Waals surface area contributed by atoms with Gasteiger partial charge in [0.2, 0.25) is 5.92 Å². The Morgan fingerprint density at radius 1 is 1.19 bits per heavy atom. The third kappa shape index (κ3) is 4.40. The van der Waals surface area contributed by atoms with Crippen molar-refractivity contribution in [3.05, 3.63) is 23.8 Å². The maximum atomic E-state index is 12.6. The first-order valence-electron chi connectivity index (χ1n) is 6.04. The summed E-state index contributed by atoms with van der Waals surface area (Å²) >= 11 is 0. The molecule has 0 aromatic carbocycles. The number of halogens is 3. The first kappa shape index (κ1) is 16.9. The summed E-state index contributed by atoms with van der Waals surface area (Å²) in [7, 11) is 0. The number of hydrogen-bond acceptors (Lipinski definition) is 6. The fourth-order valence-corrected chi connectivity index (χ4v) is 1.43. The van der Waals surface area contributed by atoms with Crippen LogP contribution in [-0.4, -0.2) is 35.1 Å². The molecule has 0 saturated carbocycles. The van der Waals surface area contributed by atoms with Crippen LogP contribution >= 0.6 is 0 Å². The summed E-state index contributed by atoms with van der Waals surface area (Å²) in [5, 5.41) is 0. The van der Waals surface area contributed by atoms with Crippen LogP contribution < -0.4 is 0 Å². The van der Waals surface area contributed by atoms with Gasteiger partial charge in [-0.25, -0.2) is 9.97 Å². The summed E-state index contributed by atoms with van der Waals surface area (Å²) in [6.07, 6.45) is -3.90. The van der Waals surface area contributed by atoms with Crippen LogP contribution in [0, 0.1) is 0 Å². The standard InChI is InChI=1S/C12H13F3N2O4/c1-3-20-10(18)8(11(19)21-4-2)9-16-6-5-7(17-9)12(13,14)15/h5-6,8H,3-4H2,1-2H3. The lowest BCUT2D eigenvalue weighted by Gasteiger charge is -2.14. The Morgan fingerprint density at radius 2 is 1.71 bits per heavy atom. The van der Waals surface area contributed by atoms with Crippen LogP contribution in [0.5, 0.6) is 0 Å². The highest BCUT2D eigenvalue weighted by Crippen LogP contribution is 2.28. The fourth-order valence-electron chi connectivity index (χ4n) is 1.43. The molecule has 0 aliphatic rings. The monoisotopic (exact) mass is 306 g/mol. The van der Waals surface area contributed by atoms with Crippen LogP contribution in [0.4, 0.5) is 13.2 Å². The molecule has 21 heavy (non-hydrogen) atoms. The van der Waals surface area contributed by atoms with Gasteiger partial charge in [0.25, 0.3) is 0 Å². The van der Waals surface area contributed by atoms with Crippen molar-refractivity contribution < 1.29 is 32.2 Å². The summed E-state index contributed by atoms with van der Waals surface area (Å²) < 4.78 is 47.1. The quantitative estimate of drug-likeness (QED) is 0.608. The van der Waals surface area contributed by atoms with Gasteiger partial charge in [-0.1, -0.05) is 0 Å². The molecule has 0 aliphatic carbocycles. The van der Waals surface area contributed by atoms with E-state index in [9.17, 15) is 22.8 Å². The lowest BCUT2D eigenvalue weighted by atomic mass is 10.1. The molecule has 0 radical (unpaired) electrons. The highest BCUT2D eigenvalue weighted by atomic mass is 19.4. The van der Waals surface area contributed by atoms with E-state index >= 15 is 0 Å². The highest BCUT2D eigenvalue weighted by molar-refractivity contribution is 6.00. The molecular formula is C12H13F3N2O4. The third-order valence-corrected chi connectivity index (χ3v) is 2.27. The minimum absolute atomic E-state index is 0.0479. The second kappa shape index (κ2) is 7.00. The molecule has 116 valence electrons. The van der Waals surface area contributed by atoms with Crippen molar-refractivity contribution in [1.82, 2.24) is 9.97 Å². The van der Waals surface area contributed by atoms with E-state index in [1.54, 1.807) is 0 Å². The van der Waals surface area contributed by atoms with Crippen molar-refractivity contribution >= 4 is 11.9 Å². The van der Waals surface area contributed by atoms with Crippen molar-refractivity contribution in [2.45, 2.75) is 25.9 Å². The van der Waals surface area contributed by atoms with E-state index < -0.39 is 35.6 Å². The summed E-state index contributed by atoms with van der Waals surface area (Å²) in [5.74, 6) is -4.47. The Kier molecular flexibility index (Phi) is 5.62. The lowest BCUT2D eigenvalue weighted by Crippen LogP contribution is -2.28. The van der Waals surface area contributed by atoms with E-state index in [0.717, 1.165) is 6.20 Å². The molecule has 1 aromatic rings. The first-order chi connectivity index (χ1) is 9.81. The average Bonchev–Trinajstić information content (AvgIpc) is 2.39. The molecule has 9 heteroatoms. The zero-order valence-corrected chi connectivity index (χ0v) is 11.3. The Morgan fingerprint density at radius 3 is 2.14 bits per heavy atom. The van der Waals surface area contributed by atoms with Crippen LogP contribution in [0.1, 0.15) is 31.3 Å². The third-order valence-electron chi connectivity index (χ3n) is 2.27. The molecule has 1 aromatic heterocycles. The number of rotatable bonds is 5. The van der Waals surface area contributed by atoms with Crippen molar-refractivity contribution in [3.63, 3.8) is 0 Å². The number of alkyl halides is 3. The molecular weight excluding hydrogens is 293 g/mol. The van der Waals surface area contributed by atoms with Gasteiger partial charge < -0.3 is 9.47 Å². The summed E-state index contributed by atoms with van der Waals surface area (Å²) in [5.41, 5.74) is -1.26. The van der Waals surface area contributed by atoms with Gasteiger partial charge in [-0.2, -0.15) is 13.2 Å². The molecule has 0 amide bonds. The maximum Gasteiger partial charge on any atom is 0.433 e. The molecule has 1 rings (SSSR count). The number of carbonyl (C=O) groups excluding carboxylic acids is 2. The van der Waals surface area contributed by atoms with E-state index in [1.165, 1.54) is 13.8 Å². The van der Waals surface area contributed by atoms with E-state index in [2.05, 4.69) is 19.4 Å². The second-order valence-corrected chi connectivity index (χ2v) is 3.73. The van der Waals surface area contributed by atoms with Crippen molar-refractivity contribution in [1.29, 1.82) is 0 Å². The molecule has 0 aliphatic heterocycles. The number of aromatic nitrogens is 2. The van der Waals surface area contributed by atoms with Crippen LogP contribution in [0.2, 0.25) is 0 Å². The number of hydrogen-bond donors (Lipinski definition) is 0. The van der Waals surface area contributed by atoms with Gasteiger partial charge in [-0.3, -0.25) is 9.59 Å².